The Morgan fingerprint density at radius 3 is 2.76 bits per heavy atom. The van der Waals surface area contributed by atoms with Gasteiger partial charge in [0.1, 0.15) is 5.82 Å². The lowest BCUT2D eigenvalue weighted by atomic mass is 9.97. The van der Waals surface area contributed by atoms with E-state index in [1.54, 1.807) is 6.07 Å². The second kappa shape index (κ2) is 4.50. The summed E-state index contributed by atoms with van der Waals surface area (Å²) in [5.74, 6) is -1.68. The molecule has 6 heteroatoms. The van der Waals surface area contributed by atoms with Gasteiger partial charge in [-0.1, -0.05) is 12.1 Å². The second-order valence-corrected chi connectivity index (χ2v) is 4.59. The standard InChI is InChI=1S/C11H10FN3OS/c12-7-3-1-2-6(4-7)9(10(13)16)8-5-15-11(14)17-8/h1-5,9H,(H2,13,16)(H2,14,15). The summed E-state index contributed by atoms with van der Waals surface area (Å²) < 4.78 is 13.1. The molecule has 0 aliphatic rings. The van der Waals surface area contributed by atoms with E-state index >= 15 is 0 Å². The highest BCUT2D eigenvalue weighted by Gasteiger charge is 2.22. The number of nitrogen functional groups attached to an aromatic ring is 1. The molecule has 88 valence electrons. The van der Waals surface area contributed by atoms with Crippen molar-refractivity contribution >= 4 is 22.4 Å². The van der Waals surface area contributed by atoms with Gasteiger partial charge in [-0.3, -0.25) is 4.79 Å². The first-order valence-corrected chi connectivity index (χ1v) is 5.65. The Labute approximate surface area is 101 Å². The number of anilines is 1. The minimum atomic E-state index is -0.708. The molecular formula is C11H10FN3OS. The fourth-order valence-electron chi connectivity index (χ4n) is 1.59. The number of amides is 1. The van der Waals surface area contributed by atoms with Crippen LogP contribution in [0.15, 0.2) is 30.5 Å². The summed E-state index contributed by atoms with van der Waals surface area (Å²) in [6.45, 7) is 0. The van der Waals surface area contributed by atoms with Crippen molar-refractivity contribution < 1.29 is 9.18 Å². The van der Waals surface area contributed by atoms with Crippen LogP contribution in [0.3, 0.4) is 0 Å². The van der Waals surface area contributed by atoms with Crippen LogP contribution >= 0.6 is 11.3 Å². The molecule has 1 heterocycles. The number of aromatic nitrogens is 1. The fraction of sp³-hybridized carbons (Fsp3) is 0.0909. The number of halogens is 1. The van der Waals surface area contributed by atoms with Crippen LogP contribution in [0.2, 0.25) is 0 Å². The maximum Gasteiger partial charge on any atom is 0.230 e. The molecule has 0 fully saturated rings. The molecule has 0 saturated carbocycles. The molecule has 1 aromatic carbocycles. The molecule has 1 unspecified atom stereocenters. The van der Waals surface area contributed by atoms with Gasteiger partial charge in [0.05, 0.1) is 5.92 Å². The maximum atomic E-state index is 13.1. The van der Waals surface area contributed by atoms with Crippen molar-refractivity contribution in [1.82, 2.24) is 4.98 Å². The van der Waals surface area contributed by atoms with E-state index in [-0.39, 0.29) is 0 Å². The van der Waals surface area contributed by atoms with E-state index in [2.05, 4.69) is 4.98 Å². The number of rotatable bonds is 3. The Kier molecular flexibility index (Phi) is 3.06. The number of nitrogens with two attached hydrogens (primary N) is 2. The van der Waals surface area contributed by atoms with E-state index in [0.29, 0.717) is 15.6 Å². The first-order valence-electron chi connectivity index (χ1n) is 4.84. The Balaban J connectivity index is 2.46. The molecule has 0 bridgehead atoms. The van der Waals surface area contributed by atoms with Gasteiger partial charge in [-0.25, -0.2) is 9.37 Å². The van der Waals surface area contributed by atoms with Crippen LogP contribution in [-0.4, -0.2) is 10.9 Å². The predicted octanol–water partition coefficient (Wildman–Crippen LogP) is 1.48. The second-order valence-electron chi connectivity index (χ2n) is 3.49. The third kappa shape index (κ3) is 2.42. The number of nitrogens with zero attached hydrogens (tertiary/aromatic N) is 1. The predicted molar refractivity (Wildman–Crippen MR) is 64.0 cm³/mol. The molecular weight excluding hydrogens is 241 g/mol. The summed E-state index contributed by atoms with van der Waals surface area (Å²) in [6, 6.07) is 5.77. The Hall–Kier alpha value is -1.95. The van der Waals surface area contributed by atoms with Crippen molar-refractivity contribution in [3.05, 3.63) is 46.7 Å². The van der Waals surface area contributed by atoms with Crippen molar-refractivity contribution in [3.63, 3.8) is 0 Å². The fourth-order valence-corrected chi connectivity index (χ4v) is 2.41. The van der Waals surface area contributed by atoms with Gasteiger partial charge < -0.3 is 11.5 Å². The highest BCUT2D eigenvalue weighted by molar-refractivity contribution is 7.15. The molecule has 1 atom stereocenters. The minimum Gasteiger partial charge on any atom is -0.375 e. The number of carbonyl (C=O) groups excluding carboxylic acids is 1. The van der Waals surface area contributed by atoms with E-state index in [0.717, 1.165) is 0 Å². The molecule has 2 aromatic rings. The summed E-state index contributed by atoms with van der Waals surface area (Å²) in [5.41, 5.74) is 11.3. The zero-order chi connectivity index (χ0) is 12.4. The Bertz CT molecular complexity index is 555. The van der Waals surface area contributed by atoms with E-state index in [1.807, 2.05) is 0 Å². The van der Waals surface area contributed by atoms with Crippen molar-refractivity contribution in [2.24, 2.45) is 5.73 Å². The van der Waals surface area contributed by atoms with Crippen LogP contribution < -0.4 is 11.5 Å². The highest BCUT2D eigenvalue weighted by atomic mass is 32.1. The molecule has 4 nitrogen and oxygen atoms in total. The van der Waals surface area contributed by atoms with Gasteiger partial charge in [0.15, 0.2) is 5.13 Å². The van der Waals surface area contributed by atoms with Gasteiger partial charge >= 0.3 is 0 Å². The van der Waals surface area contributed by atoms with Crippen molar-refractivity contribution in [2.75, 3.05) is 5.73 Å². The van der Waals surface area contributed by atoms with Gasteiger partial charge in [-0.2, -0.15) is 0 Å². The van der Waals surface area contributed by atoms with Crippen LogP contribution in [-0.2, 0) is 4.79 Å². The molecule has 4 N–H and O–H groups in total. The molecule has 0 spiro atoms. The topological polar surface area (TPSA) is 82.0 Å². The van der Waals surface area contributed by atoms with Gasteiger partial charge in [0.2, 0.25) is 5.91 Å². The first-order chi connectivity index (χ1) is 8.08. The largest absolute Gasteiger partial charge is 0.375 e. The molecule has 1 amide bonds. The third-order valence-corrected chi connectivity index (χ3v) is 3.18. The average molecular weight is 251 g/mol. The number of hydrogen-bond donors (Lipinski definition) is 2. The van der Waals surface area contributed by atoms with Crippen LogP contribution in [0.1, 0.15) is 16.4 Å². The number of thiazole rings is 1. The Morgan fingerprint density at radius 2 is 2.24 bits per heavy atom. The van der Waals surface area contributed by atoms with Crippen molar-refractivity contribution in [2.45, 2.75) is 5.92 Å². The summed E-state index contributed by atoms with van der Waals surface area (Å²) in [5, 5.41) is 0.350. The highest BCUT2D eigenvalue weighted by Crippen LogP contribution is 2.30. The van der Waals surface area contributed by atoms with Gasteiger partial charge in [-0.05, 0) is 17.7 Å². The van der Waals surface area contributed by atoms with E-state index < -0.39 is 17.6 Å². The number of carbonyl (C=O) groups is 1. The van der Waals surface area contributed by atoms with Crippen molar-refractivity contribution in [1.29, 1.82) is 0 Å². The molecule has 17 heavy (non-hydrogen) atoms. The molecule has 0 radical (unpaired) electrons. The molecule has 2 rings (SSSR count). The smallest absolute Gasteiger partial charge is 0.230 e. The van der Waals surface area contributed by atoms with Crippen LogP contribution in [0.4, 0.5) is 9.52 Å². The van der Waals surface area contributed by atoms with E-state index in [9.17, 15) is 9.18 Å². The molecule has 0 aliphatic heterocycles. The lowest BCUT2D eigenvalue weighted by Crippen LogP contribution is -2.21. The van der Waals surface area contributed by atoms with E-state index in [1.165, 1.54) is 35.7 Å². The lowest BCUT2D eigenvalue weighted by Gasteiger charge is -2.11. The monoisotopic (exact) mass is 251 g/mol. The molecule has 0 saturated heterocycles. The number of hydrogen-bond acceptors (Lipinski definition) is 4. The third-order valence-electron chi connectivity index (χ3n) is 2.29. The summed E-state index contributed by atoms with van der Waals surface area (Å²) in [7, 11) is 0. The van der Waals surface area contributed by atoms with E-state index in [4.69, 9.17) is 11.5 Å². The van der Waals surface area contributed by atoms with Crippen LogP contribution in [0, 0.1) is 5.82 Å². The average Bonchev–Trinajstić information content (AvgIpc) is 2.64. The zero-order valence-corrected chi connectivity index (χ0v) is 9.58. The zero-order valence-electron chi connectivity index (χ0n) is 8.76. The molecule has 1 aromatic heterocycles. The van der Waals surface area contributed by atoms with Gasteiger partial charge in [0, 0.05) is 11.1 Å². The first kappa shape index (κ1) is 11.5. The minimum absolute atomic E-state index is 0.350. The quantitative estimate of drug-likeness (QED) is 0.866. The summed E-state index contributed by atoms with van der Waals surface area (Å²) in [6.07, 6.45) is 1.49. The summed E-state index contributed by atoms with van der Waals surface area (Å²) >= 11 is 1.17. The number of primary amides is 1. The number of benzene rings is 1. The SMILES string of the molecule is NC(=O)C(c1cccc(F)c1)c1cnc(N)s1. The Morgan fingerprint density at radius 1 is 1.47 bits per heavy atom. The maximum absolute atomic E-state index is 13.1. The summed E-state index contributed by atoms with van der Waals surface area (Å²) in [4.78, 5) is 15.9. The van der Waals surface area contributed by atoms with Crippen molar-refractivity contribution in [3.8, 4) is 0 Å². The van der Waals surface area contributed by atoms with Gasteiger partial charge in [-0.15, -0.1) is 11.3 Å². The van der Waals surface area contributed by atoms with Gasteiger partial charge in [0.25, 0.3) is 0 Å². The van der Waals surface area contributed by atoms with Crippen LogP contribution in [0.5, 0.6) is 0 Å². The molecule has 0 aliphatic carbocycles. The van der Waals surface area contributed by atoms with Crippen LogP contribution in [0.25, 0.3) is 0 Å². The lowest BCUT2D eigenvalue weighted by molar-refractivity contribution is -0.118. The normalized spacial score (nSPS) is 12.3.